The molecule has 3 rings (SSSR count). The largest absolute Gasteiger partial charge is 0.298 e. The van der Waals surface area contributed by atoms with Crippen LogP contribution in [-0.2, 0) is 19.5 Å². The van der Waals surface area contributed by atoms with Gasteiger partial charge in [-0.1, -0.05) is 11.6 Å². The molecule has 5 nitrogen and oxygen atoms in total. The van der Waals surface area contributed by atoms with E-state index in [0.29, 0.717) is 23.9 Å². The summed E-state index contributed by atoms with van der Waals surface area (Å²) in [5.41, 5.74) is 1.13. The third-order valence-electron chi connectivity index (χ3n) is 3.52. The van der Waals surface area contributed by atoms with Crippen LogP contribution in [0.15, 0.2) is 35.6 Å². The number of aromatic nitrogens is 4. The summed E-state index contributed by atoms with van der Waals surface area (Å²) in [5.74, 6) is -0.578. The van der Waals surface area contributed by atoms with Crippen molar-refractivity contribution in [1.82, 2.24) is 19.3 Å². The topological polar surface area (TPSA) is 52.7 Å². The second-order valence-corrected chi connectivity index (χ2v) is 5.39. The summed E-state index contributed by atoms with van der Waals surface area (Å²) in [6.45, 7) is 3.30. The quantitative estimate of drug-likeness (QED) is 0.742. The van der Waals surface area contributed by atoms with Crippen LogP contribution < -0.4 is 5.56 Å². The molecule has 0 aliphatic heterocycles. The molecule has 2 aromatic heterocycles. The van der Waals surface area contributed by atoms with Crippen molar-refractivity contribution < 1.29 is 4.39 Å². The molecule has 0 bridgehead atoms. The normalized spacial score (nSPS) is 11.2. The smallest absolute Gasteiger partial charge is 0.261 e. The van der Waals surface area contributed by atoms with E-state index in [0.717, 1.165) is 12.1 Å². The predicted molar refractivity (Wildman–Crippen MR) is 82.6 cm³/mol. The molecule has 0 N–H and O–H groups in total. The molecular weight excluding hydrogens is 307 g/mol. The third kappa shape index (κ3) is 2.74. The number of hydrogen-bond donors (Lipinski definition) is 0. The number of hydrogen-bond acceptors (Lipinski definition) is 3. The van der Waals surface area contributed by atoms with E-state index in [9.17, 15) is 9.18 Å². The van der Waals surface area contributed by atoms with Crippen molar-refractivity contribution >= 4 is 22.5 Å². The first-order valence-electron chi connectivity index (χ1n) is 6.94. The molecule has 3 aromatic rings. The maximum absolute atomic E-state index is 13.4. The maximum atomic E-state index is 13.4. The van der Waals surface area contributed by atoms with Crippen LogP contribution in [0, 0.1) is 5.82 Å². The molecule has 0 amide bonds. The molecule has 0 atom stereocenters. The van der Waals surface area contributed by atoms with Crippen molar-refractivity contribution in [2.24, 2.45) is 0 Å². The average Bonchev–Trinajstić information content (AvgIpc) is 2.97. The first-order valence-corrected chi connectivity index (χ1v) is 7.32. The second-order valence-electron chi connectivity index (χ2n) is 4.98. The summed E-state index contributed by atoms with van der Waals surface area (Å²) in [4.78, 5) is 16.5. The Balaban J connectivity index is 1.89. The van der Waals surface area contributed by atoms with E-state index in [2.05, 4.69) is 10.1 Å². The first-order chi connectivity index (χ1) is 10.6. The van der Waals surface area contributed by atoms with E-state index in [1.54, 1.807) is 6.20 Å². The molecule has 0 unspecified atom stereocenters. The summed E-state index contributed by atoms with van der Waals surface area (Å²) >= 11 is 5.74. The van der Waals surface area contributed by atoms with Gasteiger partial charge in [-0.15, -0.1) is 0 Å². The van der Waals surface area contributed by atoms with Crippen LogP contribution in [0.1, 0.15) is 12.5 Å². The molecule has 1 aromatic carbocycles. The van der Waals surface area contributed by atoms with Gasteiger partial charge >= 0.3 is 0 Å². The molecule has 0 radical (unpaired) electrons. The summed E-state index contributed by atoms with van der Waals surface area (Å²) in [7, 11) is 0. The lowest BCUT2D eigenvalue weighted by Gasteiger charge is -2.06. The highest BCUT2D eigenvalue weighted by atomic mass is 35.5. The van der Waals surface area contributed by atoms with E-state index < -0.39 is 5.82 Å². The molecule has 0 fully saturated rings. The van der Waals surface area contributed by atoms with Crippen LogP contribution in [0.4, 0.5) is 4.39 Å². The molecule has 0 saturated carbocycles. The van der Waals surface area contributed by atoms with Crippen LogP contribution in [0.5, 0.6) is 0 Å². The van der Waals surface area contributed by atoms with Crippen LogP contribution in [0.2, 0.25) is 5.02 Å². The molecule has 7 heteroatoms. The van der Waals surface area contributed by atoms with Gasteiger partial charge in [0.2, 0.25) is 0 Å². The van der Waals surface area contributed by atoms with E-state index in [1.165, 1.54) is 23.0 Å². The van der Waals surface area contributed by atoms with Gasteiger partial charge in [0, 0.05) is 25.4 Å². The molecule has 0 spiro atoms. The van der Waals surface area contributed by atoms with E-state index in [1.807, 2.05) is 17.8 Å². The first kappa shape index (κ1) is 14.7. The Morgan fingerprint density at radius 1 is 1.36 bits per heavy atom. The third-order valence-corrected chi connectivity index (χ3v) is 3.81. The molecule has 0 aliphatic rings. The highest BCUT2D eigenvalue weighted by Crippen LogP contribution is 2.19. The lowest BCUT2D eigenvalue weighted by Crippen LogP contribution is -2.21. The Morgan fingerprint density at radius 3 is 2.91 bits per heavy atom. The fourth-order valence-electron chi connectivity index (χ4n) is 2.27. The minimum atomic E-state index is -0.578. The van der Waals surface area contributed by atoms with Crippen LogP contribution in [-0.4, -0.2) is 19.3 Å². The van der Waals surface area contributed by atoms with Gasteiger partial charge in [0.25, 0.3) is 5.56 Å². The van der Waals surface area contributed by atoms with Gasteiger partial charge in [0.1, 0.15) is 5.82 Å². The van der Waals surface area contributed by atoms with Gasteiger partial charge in [-0.05, 0) is 25.0 Å². The van der Waals surface area contributed by atoms with Gasteiger partial charge in [0.05, 0.1) is 28.4 Å². The zero-order valence-corrected chi connectivity index (χ0v) is 12.7. The van der Waals surface area contributed by atoms with Crippen LogP contribution >= 0.6 is 11.6 Å². The number of nitrogens with zero attached hydrogens (tertiary/aromatic N) is 4. The van der Waals surface area contributed by atoms with Gasteiger partial charge in [-0.25, -0.2) is 9.37 Å². The lowest BCUT2D eigenvalue weighted by atomic mass is 10.2. The van der Waals surface area contributed by atoms with E-state index in [-0.39, 0.29) is 10.6 Å². The molecule has 0 aliphatic carbocycles. The molecule has 22 heavy (non-hydrogen) atoms. The van der Waals surface area contributed by atoms with Crippen LogP contribution in [0.25, 0.3) is 10.9 Å². The zero-order chi connectivity index (χ0) is 15.7. The zero-order valence-electron chi connectivity index (χ0n) is 12.0. The van der Waals surface area contributed by atoms with Crippen LogP contribution in [0.3, 0.4) is 0 Å². The summed E-state index contributed by atoms with van der Waals surface area (Å²) in [6.07, 6.45) is 5.84. The fourth-order valence-corrected chi connectivity index (χ4v) is 2.43. The van der Waals surface area contributed by atoms with E-state index in [4.69, 9.17) is 11.6 Å². The van der Waals surface area contributed by atoms with Gasteiger partial charge in [-0.2, -0.15) is 5.10 Å². The monoisotopic (exact) mass is 320 g/mol. The van der Waals surface area contributed by atoms with Gasteiger partial charge < -0.3 is 0 Å². The Bertz CT molecular complexity index is 887. The Kier molecular flexibility index (Phi) is 3.94. The average molecular weight is 321 g/mol. The standard InChI is InChI=1S/C15H14ClFN4O/c1-2-21-8-10(7-19-21)3-4-20-9-18-14-6-13(17)12(16)5-11(14)15(20)22/h5-9H,2-4H2,1H3. The SMILES string of the molecule is CCn1cc(CCn2cnc3cc(F)c(Cl)cc3c2=O)cn1. The van der Waals surface area contributed by atoms with Crippen molar-refractivity contribution in [3.05, 3.63) is 57.6 Å². The van der Waals surface area contributed by atoms with E-state index >= 15 is 0 Å². The van der Waals surface area contributed by atoms with Crippen molar-refractivity contribution in [3.63, 3.8) is 0 Å². The molecule has 2 heterocycles. The number of halogens is 2. The number of fused-ring (bicyclic) bond motifs is 1. The van der Waals surface area contributed by atoms with Crippen molar-refractivity contribution in [1.29, 1.82) is 0 Å². The minimum Gasteiger partial charge on any atom is -0.298 e. The summed E-state index contributed by atoms with van der Waals surface area (Å²) in [5, 5.41) is 4.44. The van der Waals surface area contributed by atoms with Gasteiger partial charge in [-0.3, -0.25) is 14.0 Å². The summed E-state index contributed by atoms with van der Waals surface area (Å²) < 4.78 is 16.7. The van der Waals surface area contributed by atoms with Crippen molar-refractivity contribution in [2.75, 3.05) is 0 Å². The van der Waals surface area contributed by atoms with Gasteiger partial charge in [0.15, 0.2) is 0 Å². The highest BCUT2D eigenvalue weighted by Gasteiger charge is 2.09. The lowest BCUT2D eigenvalue weighted by molar-refractivity contribution is 0.628. The second kappa shape index (κ2) is 5.88. The highest BCUT2D eigenvalue weighted by molar-refractivity contribution is 6.31. The molecular formula is C15H14ClFN4O. The number of aryl methyl sites for hydroxylation is 3. The number of benzene rings is 1. The summed E-state index contributed by atoms with van der Waals surface area (Å²) in [6, 6.07) is 2.50. The Morgan fingerprint density at radius 2 is 2.18 bits per heavy atom. The predicted octanol–water partition coefficient (Wildman–Crippen LogP) is 2.65. The van der Waals surface area contributed by atoms with Crippen molar-refractivity contribution in [3.8, 4) is 0 Å². The Labute approximate surface area is 131 Å². The van der Waals surface area contributed by atoms with Crippen molar-refractivity contribution in [2.45, 2.75) is 26.4 Å². The molecule has 114 valence electrons. The Hall–Kier alpha value is -2.21. The minimum absolute atomic E-state index is 0.0756. The number of rotatable bonds is 4. The molecule has 0 saturated heterocycles. The fraction of sp³-hybridized carbons (Fsp3) is 0.267. The maximum Gasteiger partial charge on any atom is 0.261 e.